The minimum atomic E-state index is -0.0911. The number of rotatable bonds is 5. The van der Waals surface area contributed by atoms with Gasteiger partial charge in [-0.1, -0.05) is 24.6 Å². The summed E-state index contributed by atoms with van der Waals surface area (Å²) in [5.74, 6) is 0.0167. The normalized spacial score (nSPS) is 12.1. The number of hydrogen-bond acceptors (Lipinski definition) is 4. The lowest BCUT2D eigenvalue weighted by atomic mass is 10.2. The van der Waals surface area contributed by atoms with Crippen molar-refractivity contribution in [2.45, 2.75) is 30.4 Å². The van der Waals surface area contributed by atoms with Gasteiger partial charge in [0.25, 0.3) is 0 Å². The third kappa shape index (κ3) is 4.08. The third-order valence-corrected chi connectivity index (χ3v) is 4.69. The van der Waals surface area contributed by atoms with E-state index in [-0.39, 0.29) is 11.2 Å². The Balaban J connectivity index is 1.99. The van der Waals surface area contributed by atoms with Crippen molar-refractivity contribution in [2.24, 2.45) is 0 Å². The lowest BCUT2D eigenvalue weighted by molar-refractivity contribution is -0.115. The molecule has 1 aromatic heterocycles. The van der Waals surface area contributed by atoms with Crippen LogP contribution in [0.4, 0.5) is 5.13 Å². The minimum Gasteiger partial charge on any atom is -0.301 e. The highest BCUT2D eigenvalue weighted by atomic mass is 32.2. The highest BCUT2D eigenvalue weighted by Gasteiger charge is 2.18. The standard InChI is InChI=1S/C14H16N2OS2/c1-3-12(13(17)16-14-15-8-9-18-14)19-11-6-4-10(2)5-7-11/h4-9,12H,3H2,1-2H3,(H,15,16,17). The second kappa shape index (κ2) is 6.73. The Hall–Kier alpha value is -1.33. The van der Waals surface area contributed by atoms with Crippen molar-refractivity contribution < 1.29 is 4.79 Å². The van der Waals surface area contributed by atoms with E-state index in [2.05, 4.69) is 41.5 Å². The Morgan fingerprint density at radius 1 is 1.42 bits per heavy atom. The van der Waals surface area contributed by atoms with Gasteiger partial charge in [0.2, 0.25) is 5.91 Å². The summed E-state index contributed by atoms with van der Waals surface area (Å²) in [5.41, 5.74) is 1.23. The van der Waals surface area contributed by atoms with Crippen LogP contribution in [0.2, 0.25) is 0 Å². The van der Waals surface area contributed by atoms with Crippen molar-refractivity contribution in [3.63, 3.8) is 0 Å². The maximum absolute atomic E-state index is 12.1. The molecule has 1 atom stereocenters. The monoisotopic (exact) mass is 292 g/mol. The van der Waals surface area contributed by atoms with Gasteiger partial charge in [0.15, 0.2) is 5.13 Å². The van der Waals surface area contributed by atoms with E-state index in [9.17, 15) is 4.79 Å². The number of aryl methyl sites for hydroxylation is 1. The molecule has 1 aromatic carbocycles. The van der Waals surface area contributed by atoms with E-state index >= 15 is 0 Å². The van der Waals surface area contributed by atoms with E-state index in [1.165, 1.54) is 16.9 Å². The topological polar surface area (TPSA) is 42.0 Å². The van der Waals surface area contributed by atoms with Crippen LogP contribution in [0.15, 0.2) is 40.7 Å². The largest absolute Gasteiger partial charge is 0.301 e. The fourth-order valence-corrected chi connectivity index (χ4v) is 3.06. The number of nitrogens with one attached hydrogen (secondary N) is 1. The van der Waals surface area contributed by atoms with E-state index in [4.69, 9.17) is 0 Å². The Labute approximate surface area is 121 Å². The molecule has 0 spiro atoms. The summed E-state index contributed by atoms with van der Waals surface area (Å²) in [4.78, 5) is 17.3. The first-order valence-corrected chi connectivity index (χ1v) is 7.88. The average Bonchev–Trinajstić information content (AvgIpc) is 2.90. The van der Waals surface area contributed by atoms with Crippen LogP contribution in [0.3, 0.4) is 0 Å². The van der Waals surface area contributed by atoms with Crippen LogP contribution in [-0.2, 0) is 4.79 Å². The number of thiazole rings is 1. The van der Waals surface area contributed by atoms with Gasteiger partial charge in [0.05, 0.1) is 5.25 Å². The molecule has 0 aliphatic heterocycles. The van der Waals surface area contributed by atoms with Crippen LogP contribution in [0.1, 0.15) is 18.9 Å². The highest BCUT2D eigenvalue weighted by Crippen LogP contribution is 2.27. The third-order valence-electron chi connectivity index (χ3n) is 2.63. The Morgan fingerprint density at radius 2 is 2.16 bits per heavy atom. The summed E-state index contributed by atoms with van der Waals surface area (Å²) in [6.07, 6.45) is 2.48. The maximum Gasteiger partial charge on any atom is 0.239 e. The Bertz CT molecular complexity index is 523. The molecule has 5 heteroatoms. The van der Waals surface area contributed by atoms with Crippen molar-refractivity contribution in [3.8, 4) is 0 Å². The van der Waals surface area contributed by atoms with Crippen LogP contribution in [0.5, 0.6) is 0 Å². The maximum atomic E-state index is 12.1. The predicted octanol–water partition coefficient (Wildman–Crippen LogP) is 3.96. The lowest BCUT2D eigenvalue weighted by Crippen LogP contribution is -2.24. The molecule has 1 N–H and O–H groups in total. The molecule has 0 saturated heterocycles. The van der Waals surface area contributed by atoms with Crippen molar-refractivity contribution in [3.05, 3.63) is 41.4 Å². The van der Waals surface area contributed by atoms with Gasteiger partial charge in [-0.25, -0.2) is 4.98 Å². The first-order valence-electron chi connectivity index (χ1n) is 6.12. The molecular formula is C14H16N2OS2. The minimum absolute atomic E-state index is 0.0167. The van der Waals surface area contributed by atoms with E-state index in [0.717, 1.165) is 11.3 Å². The van der Waals surface area contributed by atoms with Gasteiger partial charge in [-0.15, -0.1) is 23.1 Å². The van der Waals surface area contributed by atoms with Gasteiger partial charge in [-0.2, -0.15) is 0 Å². The quantitative estimate of drug-likeness (QED) is 0.848. The SMILES string of the molecule is CCC(Sc1ccc(C)cc1)C(=O)Nc1nccs1. The number of anilines is 1. The number of benzene rings is 1. The summed E-state index contributed by atoms with van der Waals surface area (Å²) < 4.78 is 0. The Morgan fingerprint density at radius 3 is 2.74 bits per heavy atom. The van der Waals surface area contributed by atoms with Crippen molar-refractivity contribution in [1.82, 2.24) is 4.98 Å². The zero-order valence-electron chi connectivity index (χ0n) is 10.9. The second-order valence-electron chi connectivity index (χ2n) is 4.15. The number of aromatic nitrogens is 1. The van der Waals surface area contributed by atoms with E-state index in [1.54, 1.807) is 18.0 Å². The molecule has 0 fully saturated rings. The number of carbonyl (C=O) groups excluding carboxylic acids is 1. The van der Waals surface area contributed by atoms with Gasteiger partial charge in [0.1, 0.15) is 0 Å². The van der Waals surface area contributed by atoms with Crippen molar-refractivity contribution in [1.29, 1.82) is 0 Å². The zero-order valence-corrected chi connectivity index (χ0v) is 12.6. The molecule has 19 heavy (non-hydrogen) atoms. The van der Waals surface area contributed by atoms with Gasteiger partial charge in [-0.05, 0) is 25.5 Å². The molecule has 0 radical (unpaired) electrons. The van der Waals surface area contributed by atoms with Gasteiger partial charge >= 0.3 is 0 Å². The molecular weight excluding hydrogens is 276 g/mol. The summed E-state index contributed by atoms with van der Waals surface area (Å²) in [6, 6.07) is 8.24. The van der Waals surface area contributed by atoms with E-state index in [0.29, 0.717) is 5.13 Å². The summed E-state index contributed by atoms with van der Waals surface area (Å²) in [5, 5.41) is 5.27. The molecule has 100 valence electrons. The lowest BCUT2D eigenvalue weighted by Gasteiger charge is -2.13. The highest BCUT2D eigenvalue weighted by molar-refractivity contribution is 8.00. The number of carbonyl (C=O) groups is 1. The fraction of sp³-hybridized carbons (Fsp3) is 0.286. The first kappa shape index (κ1) is 14.1. The molecule has 0 aliphatic rings. The van der Waals surface area contributed by atoms with E-state index in [1.807, 2.05) is 12.3 Å². The molecule has 2 aromatic rings. The van der Waals surface area contributed by atoms with Crippen LogP contribution in [0.25, 0.3) is 0 Å². The molecule has 3 nitrogen and oxygen atoms in total. The Kier molecular flexibility index (Phi) is 4.99. The summed E-state index contributed by atoms with van der Waals surface area (Å²) in [6.45, 7) is 4.08. The molecule has 1 heterocycles. The smallest absolute Gasteiger partial charge is 0.239 e. The predicted molar refractivity (Wildman–Crippen MR) is 81.9 cm³/mol. The number of amides is 1. The van der Waals surface area contributed by atoms with Crippen LogP contribution in [0, 0.1) is 6.92 Å². The van der Waals surface area contributed by atoms with Crippen molar-refractivity contribution >= 4 is 34.1 Å². The van der Waals surface area contributed by atoms with Crippen molar-refractivity contribution in [2.75, 3.05) is 5.32 Å². The van der Waals surface area contributed by atoms with Gasteiger partial charge in [-0.3, -0.25) is 4.79 Å². The average molecular weight is 292 g/mol. The number of nitrogens with zero attached hydrogens (tertiary/aromatic N) is 1. The number of thioether (sulfide) groups is 1. The fourth-order valence-electron chi connectivity index (χ4n) is 1.57. The summed E-state index contributed by atoms with van der Waals surface area (Å²) >= 11 is 3.03. The number of hydrogen-bond donors (Lipinski definition) is 1. The van der Waals surface area contributed by atoms with E-state index < -0.39 is 0 Å². The molecule has 0 aliphatic carbocycles. The van der Waals surface area contributed by atoms with Crippen LogP contribution >= 0.6 is 23.1 Å². The molecule has 2 rings (SSSR count). The molecule has 0 saturated carbocycles. The van der Waals surface area contributed by atoms with Crippen LogP contribution < -0.4 is 5.32 Å². The van der Waals surface area contributed by atoms with Gasteiger partial charge < -0.3 is 5.32 Å². The first-order chi connectivity index (χ1) is 9.19. The summed E-state index contributed by atoms with van der Waals surface area (Å²) in [7, 11) is 0. The molecule has 1 unspecified atom stereocenters. The molecule has 1 amide bonds. The van der Waals surface area contributed by atoms with Gasteiger partial charge in [0, 0.05) is 16.5 Å². The molecule has 0 bridgehead atoms. The zero-order chi connectivity index (χ0) is 13.7. The van der Waals surface area contributed by atoms with Crippen LogP contribution in [-0.4, -0.2) is 16.1 Å². The second-order valence-corrected chi connectivity index (χ2v) is 6.33.